The van der Waals surface area contributed by atoms with E-state index in [4.69, 9.17) is 4.74 Å². The number of benzene rings is 1. The Morgan fingerprint density at radius 1 is 1.43 bits per heavy atom. The molecule has 114 valence electrons. The average molecular weight is 369 g/mol. The number of hydrogen-bond acceptors (Lipinski definition) is 4. The minimum atomic E-state index is 0.274. The summed E-state index contributed by atoms with van der Waals surface area (Å²) in [5.74, 6) is 0.923. The molecule has 0 saturated heterocycles. The van der Waals surface area contributed by atoms with Crippen molar-refractivity contribution in [2.75, 3.05) is 6.54 Å². The quantitative estimate of drug-likeness (QED) is 0.757. The Morgan fingerprint density at radius 3 is 2.90 bits per heavy atom. The Labute approximate surface area is 138 Å². The molecule has 0 amide bonds. The van der Waals surface area contributed by atoms with Gasteiger partial charge in [-0.3, -0.25) is 0 Å². The number of hydrogen-bond donors (Lipinski definition) is 1. The zero-order valence-electron chi connectivity index (χ0n) is 12.6. The molecule has 1 atom stereocenters. The molecule has 3 nitrogen and oxygen atoms in total. The van der Waals surface area contributed by atoms with Crippen LogP contribution < -0.4 is 10.1 Å². The van der Waals surface area contributed by atoms with Gasteiger partial charge in [0.05, 0.1) is 9.88 Å². The molecular formula is C16H21BrN2OS. The van der Waals surface area contributed by atoms with E-state index in [0.717, 1.165) is 33.1 Å². The third kappa shape index (κ3) is 4.80. The fourth-order valence-electron chi connectivity index (χ4n) is 2.08. The van der Waals surface area contributed by atoms with Crippen LogP contribution >= 0.6 is 27.3 Å². The van der Waals surface area contributed by atoms with Crippen LogP contribution in [0.15, 0.2) is 28.9 Å². The lowest BCUT2D eigenvalue weighted by Crippen LogP contribution is -2.20. The van der Waals surface area contributed by atoms with Gasteiger partial charge in [0.15, 0.2) is 0 Å². The summed E-state index contributed by atoms with van der Waals surface area (Å²) in [6.07, 6.45) is 3.01. The second-order valence-corrected chi connectivity index (χ2v) is 7.23. The molecule has 1 aromatic heterocycles. The van der Waals surface area contributed by atoms with E-state index in [9.17, 15) is 0 Å². The van der Waals surface area contributed by atoms with E-state index in [1.165, 1.54) is 5.56 Å². The van der Waals surface area contributed by atoms with Gasteiger partial charge < -0.3 is 10.1 Å². The fraction of sp³-hybridized carbons (Fsp3) is 0.438. The lowest BCUT2D eigenvalue weighted by Gasteiger charge is -2.18. The molecule has 0 radical (unpaired) electrons. The van der Waals surface area contributed by atoms with Crippen LogP contribution in [0.25, 0.3) is 0 Å². The van der Waals surface area contributed by atoms with Gasteiger partial charge in [-0.25, -0.2) is 4.98 Å². The van der Waals surface area contributed by atoms with Crippen LogP contribution in [0.1, 0.15) is 41.8 Å². The van der Waals surface area contributed by atoms with Crippen LogP contribution in [-0.4, -0.2) is 11.5 Å². The summed E-state index contributed by atoms with van der Waals surface area (Å²) in [6.45, 7) is 7.92. The highest BCUT2D eigenvalue weighted by molar-refractivity contribution is 9.10. The zero-order chi connectivity index (χ0) is 15.2. The molecule has 0 aliphatic carbocycles. The largest absolute Gasteiger partial charge is 0.488 e. The normalized spacial score (nSPS) is 12.4. The Morgan fingerprint density at radius 2 is 2.24 bits per heavy atom. The molecule has 1 unspecified atom stereocenters. The molecule has 1 N–H and O–H groups in total. The van der Waals surface area contributed by atoms with E-state index in [1.54, 1.807) is 11.3 Å². The highest BCUT2D eigenvalue weighted by Gasteiger charge is 2.12. The van der Waals surface area contributed by atoms with E-state index >= 15 is 0 Å². The van der Waals surface area contributed by atoms with Crippen molar-refractivity contribution in [3.63, 3.8) is 0 Å². The van der Waals surface area contributed by atoms with E-state index in [2.05, 4.69) is 52.2 Å². The standard InChI is InChI=1S/C16H21BrN2OS/c1-4-7-18-11(2)15-6-5-13(17)8-16(15)20-10-14-9-19-12(3)21-14/h5-6,8-9,11,18H,4,7,10H2,1-3H3. The van der Waals surface area contributed by atoms with Gasteiger partial charge in [0.2, 0.25) is 0 Å². The smallest absolute Gasteiger partial charge is 0.125 e. The van der Waals surface area contributed by atoms with Crippen LogP contribution in [0.3, 0.4) is 0 Å². The minimum absolute atomic E-state index is 0.274. The van der Waals surface area contributed by atoms with Crippen molar-refractivity contribution in [3.8, 4) is 5.75 Å². The fourth-order valence-corrected chi connectivity index (χ4v) is 3.13. The highest BCUT2D eigenvalue weighted by atomic mass is 79.9. The Hall–Kier alpha value is -0.910. The number of thiazole rings is 1. The Kier molecular flexibility index (Phi) is 6.21. The summed E-state index contributed by atoms with van der Waals surface area (Å²) in [5.41, 5.74) is 1.19. The Balaban J connectivity index is 2.10. The predicted octanol–water partition coefficient (Wildman–Crippen LogP) is 4.85. The maximum Gasteiger partial charge on any atom is 0.125 e. The van der Waals surface area contributed by atoms with E-state index in [1.807, 2.05) is 19.2 Å². The first-order chi connectivity index (χ1) is 10.1. The van der Waals surface area contributed by atoms with Gasteiger partial charge in [0.25, 0.3) is 0 Å². The molecule has 0 aliphatic heterocycles. The predicted molar refractivity (Wildman–Crippen MR) is 92.0 cm³/mol. The van der Waals surface area contributed by atoms with Crippen molar-refractivity contribution < 1.29 is 4.74 Å². The van der Waals surface area contributed by atoms with Crippen molar-refractivity contribution in [1.82, 2.24) is 10.3 Å². The second-order valence-electron chi connectivity index (χ2n) is 4.99. The summed E-state index contributed by atoms with van der Waals surface area (Å²) < 4.78 is 7.05. The molecule has 0 bridgehead atoms. The number of nitrogens with one attached hydrogen (secondary N) is 1. The topological polar surface area (TPSA) is 34.1 Å². The van der Waals surface area contributed by atoms with E-state index in [-0.39, 0.29) is 6.04 Å². The number of aryl methyl sites for hydroxylation is 1. The number of rotatable bonds is 7. The number of nitrogens with zero attached hydrogens (tertiary/aromatic N) is 1. The minimum Gasteiger partial charge on any atom is -0.488 e. The van der Waals surface area contributed by atoms with Crippen molar-refractivity contribution in [2.45, 2.75) is 39.8 Å². The maximum atomic E-state index is 6.02. The third-order valence-electron chi connectivity index (χ3n) is 3.18. The first-order valence-corrected chi connectivity index (χ1v) is 8.78. The lowest BCUT2D eigenvalue weighted by molar-refractivity contribution is 0.302. The van der Waals surface area contributed by atoms with Gasteiger partial charge >= 0.3 is 0 Å². The molecule has 5 heteroatoms. The summed E-state index contributed by atoms with van der Waals surface area (Å²) >= 11 is 5.19. The summed E-state index contributed by atoms with van der Waals surface area (Å²) in [5, 5.41) is 4.58. The molecule has 21 heavy (non-hydrogen) atoms. The second kappa shape index (κ2) is 7.92. The first-order valence-electron chi connectivity index (χ1n) is 7.17. The molecule has 1 aromatic carbocycles. The molecule has 0 fully saturated rings. The van der Waals surface area contributed by atoms with Gasteiger partial charge in [-0.05, 0) is 38.9 Å². The summed E-state index contributed by atoms with van der Waals surface area (Å²) in [7, 11) is 0. The number of ether oxygens (including phenoxy) is 1. The highest BCUT2D eigenvalue weighted by Crippen LogP contribution is 2.29. The van der Waals surface area contributed by atoms with Crippen LogP contribution in [0.4, 0.5) is 0 Å². The van der Waals surface area contributed by atoms with Gasteiger partial charge in [0, 0.05) is 22.3 Å². The first kappa shape index (κ1) is 16.5. The Bertz CT molecular complexity index is 585. The number of halogens is 1. The van der Waals surface area contributed by atoms with Gasteiger partial charge in [-0.2, -0.15) is 0 Å². The van der Waals surface area contributed by atoms with Crippen LogP contribution in [-0.2, 0) is 6.61 Å². The molecule has 2 aromatic rings. The maximum absolute atomic E-state index is 6.02. The molecule has 0 saturated carbocycles. The monoisotopic (exact) mass is 368 g/mol. The third-order valence-corrected chi connectivity index (χ3v) is 4.56. The van der Waals surface area contributed by atoms with Gasteiger partial charge in [-0.15, -0.1) is 11.3 Å². The molecular weight excluding hydrogens is 348 g/mol. The van der Waals surface area contributed by atoms with E-state index in [0.29, 0.717) is 6.61 Å². The SMILES string of the molecule is CCCNC(C)c1ccc(Br)cc1OCc1cnc(C)s1. The average Bonchev–Trinajstić information content (AvgIpc) is 2.88. The molecule has 2 rings (SSSR count). The van der Waals surface area contributed by atoms with Crippen LogP contribution in [0.5, 0.6) is 5.75 Å². The van der Waals surface area contributed by atoms with Crippen molar-refractivity contribution in [3.05, 3.63) is 44.3 Å². The number of aromatic nitrogens is 1. The molecule has 0 aliphatic rings. The van der Waals surface area contributed by atoms with Crippen molar-refractivity contribution in [2.24, 2.45) is 0 Å². The van der Waals surface area contributed by atoms with Crippen LogP contribution in [0.2, 0.25) is 0 Å². The lowest BCUT2D eigenvalue weighted by atomic mass is 10.1. The summed E-state index contributed by atoms with van der Waals surface area (Å²) in [6, 6.07) is 6.48. The van der Waals surface area contributed by atoms with Gasteiger partial charge in [-0.1, -0.05) is 28.9 Å². The van der Waals surface area contributed by atoms with Crippen molar-refractivity contribution in [1.29, 1.82) is 0 Å². The zero-order valence-corrected chi connectivity index (χ0v) is 15.1. The summed E-state index contributed by atoms with van der Waals surface area (Å²) in [4.78, 5) is 5.41. The van der Waals surface area contributed by atoms with E-state index < -0.39 is 0 Å². The van der Waals surface area contributed by atoms with Gasteiger partial charge in [0.1, 0.15) is 12.4 Å². The van der Waals surface area contributed by atoms with Crippen LogP contribution in [0, 0.1) is 6.92 Å². The molecule has 0 spiro atoms. The van der Waals surface area contributed by atoms with Crippen molar-refractivity contribution >= 4 is 27.3 Å². The molecule has 1 heterocycles.